The number of rotatable bonds is 2. The highest BCUT2D eigenvalue weighted by Crippen LogP contribution is 2.38. The third-order valence-electron chi connectivity index (χ3n) is 3.51. The van der Waals surface area contributed by atoms with Crippen LogP contribution in [0.2, 0.25) is 0 Å². The normalized spacial score (nSPS) is 26.1. The van der Waals surface area contributed by atoms with Gasteiger partial charge in [-0.25, -0.2) is 4.98 Å². The van der Waals surface area contributed by atoms with Crippen LogP contribution in [0.4, 0.5) is 5.95 Å². The Morgan fingerprint density at radius 3 is 2.88 bits per heavy atom. The second-order valence-corrected chi connectivity index (χ2v) is 5.17. The molecule has 4 nitrogen and oxygen atoms in total. The Kier molecular flexibility index (Phi) is 2.39. The van der Waals surface area contributed by atoms with Crippen LogP contribution < -0.4 is 10.6 Å². The molecule has 3 rings (SSSR count). The molecule has 2 heterocycles. The summed E-state index contributed by atoms with van der Waals surface area (Å²) in [7, 11) is 0. The van der Waals surface area contributed by atoms with Crippen LogP contribution in [-0.2, 0) is 0 Å². The standard InChI is InChI=1S/C12H20N4/c1-9-7-16(11-4-5-11)12(14-9)15-6-2-3-10(13)8-15/h7,10-11H,2-6,8,13H2,1H3. The molecular formula is C12H20N4. The molecule has 1 saturated heterocycles. The largest absolute Gasteiger partial charge is 0.341 e. The van der Waals surface area contributed by atoms with E-state index in [0.29, 0.717) is 12.1 Å². The zero-order valence-corrected chi connectivity index (χ0v) is 9.89. The topological polar surface area (TPSA) is 47.1 Å². The van der Waals surface area contributed by atoms with Gasteiger partial charge >= 0.3 is 0 Å². The fraction of sp³-hybridized carbons (Fsp3) is 0.750. The highest BCUT2D eigenvalue weighted by molar-refractivity contribution is 5.36. The molecular weight excluding hydrogens is 200 g/mol. The lowest BCUT2D eigenvalue weighted by Gasteiger charge is -2.31. The predicted molar refractivity (Wildman–Crippen MR) is 64.7 cm³/mol. The minimum Gasteiger partial charge on any atom is -0.341 e. The van der Waals surface area contributed by atoms with Gasteiger partial charge in [-0.05, 0) is 32.6 Å². The molecule has 16 heavy (non-hydrogen) atoms. The van der Waals surface area contributed by atoms with Crippen molar-refractivity contribution in [3.8, 4) is 0 Å². The van der Waals surface area contributed by atoms with Crippen LogP contribution in [0.1, 0.15) is 37.4 Å². The lowest BCUT2D eigenvalue weighted by atomic mass is 10.1. The first kappa shape index (κ1) is 10.1. The molecule has 2 fully saturated rings. The summed E-state index contributed by atoms with van der Waals surface area (Å²) in [4.78, 5) is 7.02. The van der Waals surface area contributed by atoms with Gasteiger partial charge in [0.2, 0.25) is 5.95 Å². The molecule has 0 radical (unpaired) electrons. The van der Waals surface area contributed by atoms with Crippen molar-refractivity contribution < 1.29 is 0 Å². The first-order chi connectivity index (χ1) is 7.74. The fourth-order valence-electron chi connectivity index (χ4n) is 2.55. The maximum absolute atomic E-state index is 6.03. The van der Waals surface area contributed by atoms with Crippen molar-refractivity contribution in [1.82, 2.24) is 9.55 Å². The summed E-state index contributed by atoms with van der Waals surface area (Å²) >= 11 is 0. The molecule has 0 amide bonds. The number of anilines is 1. The number of imidazole rings is 1. The highest BCUT2D eigenvalue weighted by Gasteiger charge is 2.29. The van der Waals surface area contributed by atoms with Crippen molar-refractivity contribution in [1.29, 1.82) is 0 Å². The summed E-state index contributed by atoms with van der Waals surface area (Å²) in [6.07, 6.45) is 7.15. The van der Waals surface area contributed by atoms with E-state index < -0.39 is 0 Å². The number of aryl methyl sites for hydroxylation is 1. The molecule has 1 atom stereocenters. The molecule has 1 unspecified atom stereocenters. The van der Waals surface area contributed by atoms with E-state index in [9.17, 15) is 0 Å². The summed E-state index contributed by atoms with van der Waals surface area (Å²) in [5.41, 5.74) is 7.16. The van der Waals surface area contributed by atoms with E-state index >= 15 is 0 Å². The summed E-state index contributed by atoms with van der Waals surface area (Å²) < 4.78 is 2.35. The maximum atomic E-state index is 6.03. The minimum atomic E-state index is 0.318. The number of nitrogens with two attached hydrogens (primary N) is 1. The number of aromatic nitrogens is 2. The zero-order chi connectivity index (χ0) is 11.1. The molecule has 2 aliphatic rings. The van der Waals surface area contributed by atoms with Gasteiger partial charge in [0.05, 0.1) is 5.69 Å². The Bertz CT molecular complexity index is 380. The van der Waals surface area contributed by atoms with Gasteiger partial charge in [0, 0.05) is 31.4 Å². The van der Waals surface area contributed by atoms with E-state index in [2.05, 4.69) is 27.6 Å². The van der Waals surface area contributed by atoms with E-state index in [-0.39, 0.29) is 0 Å². The van der Waals surface area contributed by atoms with E-state index in [4.69, 9.17) is 5.73 Å². The highest BCUT2D eigenvalue weighted by atomic mass is 15.3. The van der Waals surface area contributed by atoms with E-state index in [1.807, 2.05) is 0 Å². The van der Waals surface area contributed by atoms with Crippen LogP contribution >= 0.6 is 0 Å². The van der Waals surface area contributed by atoms with Crippen molar-refractivity contribution in [3.05, 3.63) is 11.9 Å². The van der Waals surface area contributed by atoms with E-state index in [1.165, 1.54) is 19.3 Å². The van der Waals surface area contributed by atoms with Crippen LogP contribution in [-0.4, -0.2) is 28.7 Å². The zero-order valence-electron chi connectivity index (χ0n) is 9.89. The van der Waals surface area contributed by atoms with Gasteiger partial charge in [0.25, 0.3) is 0 Å². The molecule has 88 valence electrons. The van der Waals surface area contributed by atoms with Crippen molar-refractivity contribution in [2.45, 2.75) is 44.7 Å². The molecule has 1 aromatic heterocycles. The average Bonchev–Trinajstić information content (AvgIpc) is 3.02. The minimum absolute atomic E-state index is 0.318. The summed E-state index contributed by atoms with van der Waals surface area (Å²) in [5, 5.41) is 0. The van der Waals surface area contributed by atoms with Crippen LogP contribution in [0.15, 0.2) is 6.20 Å². The van der Waals surface area contributed by atoms with Gasteiger partial charge in [-0.15, -0.1) is 0 Å². The lowest BCUT2D eigenvalue weighted by molar-refractivity contribution is 0.493. The monoisotopic (exact) mass is 220 g/mol. The SMILES string of the molecule is Cc1cn(C2CC2)c(N2CCCC(N)C2)n1. The summed E-state index contributed by atoms with van der Waals surface area (Å²) in [6, 6.07) is 1.02. The lowest BCUT2D eigenvalue weighted by Crippen LogP contribution is -2.43. The van der Waals surface area contributed by atoms with Gasteiger partial charge in [-0.3, -0.25) is 0 Å². The van der Waals surface area contributed by atoms with Crippen molar-refractivity contribution in [2.75, 3.05) is 18.0 Å². The van der Waals surface area contributed by atoms with Gasteiger partial charge in [-0.2, -0.15) is 0 Å². The molecule has 0 bridgehead atoms. The second-order valence-electron chi connectivity index (χ2n) is 5.17. The number of piperidine rings is 1. The molecule has 1 aromatic rings. The van der Waals surface area contributed by atoms with Gasteiger partial charge in [0.15, 0.2) is 0 Å². The Morgan fingerprint density at radius 2 is 2.19 bits per heavy atom. The third-order valence-corrected chi connectivity index (χ3v) is 3.51. The smallest absolute Gasteiger partial charge is 0.206 e. The fourth-order valence-corrected chi connectivity index (χ4v) is 2.55. The van der Waals surface area contributed by atoms with E-state index in [0.717, 1.165) is 31.2 Å². The third kappa shape index (κ3) is 1.82. The first-order valence-corrected chi connectivity index (χ1v) is 6.30. The quantitative estimate of drug-likeness (QED) is 0.820. The molecule has 2 N–H and O–H groups in total. The Hall–Kier alpha value is -1.03. The van der Waals surface area contributed by atoms with Gasteiger partial charge in [-0.1, -0.05) is 0 Å². The number of hydrogen-bond donors (Lipinski definition) is 1. The molecule has 1 saturated carbocycles. The Balaban J connectivity index is 1.86. The second kappa shape index (κ2) is 3.77. The average molecular weight is 220 g/mol. The van der Waals surface area contributed by atoms with Crippen LogP contribution in [0.25, 0.3) is 0 Å². The predicted octanol–water partition coefficient (Wildman–Crippen LogP) is 1.45. The summed E-state index contributed by atoms with van der Waals surface area (Å²) in [6.45, 7) is 4.15. The van der Waals surface area contributed by atoms with Crippen molar-refractivity contribution in [2.24, 2.45) is 5.73 Å². The van der Waals surface area contributed by atoms with Crippen molar-refractivity contribution >= 4 is 5.95 Å². The van der Waals surface area contributed by atoms with E-state index in [1.54, 1.807) is 0 Å². The Morgan fingerprint density at radius 1 is 1.38 bits per heavy atom. The van der Waals surface area contributed by atoms with Gasteiger partial charge in [0.1, 0.15) is 0 Å². The van der Waals surface area contributed by atoms with Gasteiger partial charge < -0.3 is 15.2 Å². The molecule has 0 spiro atoms. The summed E-state index contributed by atoms with van der Waals surface area (Å²) in [5.74, 6) is 1.15. The Labute approximate surface area is 96.4 Å². The van der Waals surface area contributed by atoms with Crippen LogP contribution in [0.3, 0.4) is 0 Å². The molecule has 1 aliphatic carbocycles. The van der Waals surface area contributed by atoms with Crippen molar-refractivity contribution in [3.63, 3.8) is 0 Å². The maximum Gasteiger partial charge on any atom is 0.206 e. The number of nitrogens with zero attached hydrogens (tertiary/aromatic N) is 3. The van der Waals surface area contributed by atoms with Crippen LogP contribution in [0, 0.1) is 6.92 Å². The molecule has 4 heteroatoms. The first-order valence-electron chi connectivity index (χ1n) is 6.30. The number of hydrogen-bond acceptors (Lipinski definition) is 3. The molecule has 0 aromatic carbocycles. The molecule has 1 aliphatic heterocycles. The van der Waals surface area contributed by atoms with Crippen LogP contribution in [0.5, 0.6) is 0 Å².